The van der Waals surface area contributed by atoms with Crippen LogP contribution in [0.4, 0.5) is 0 Å². The lowest BCUT2D eigenvalue weighted by molar-refractivity contribution is -0.120. The van der Waals surface area contributed by atoms with Crippen LogP contribution in [0.5, 0.6) is 0 Å². The maximum Gasteiger partial charge on any atom is 0.140 e. The van der Waals surface area contributed by atoms with Gasteiger partial charge in [-0.1, -0.05) is 18.6 Å². The molecular formula is C10H14O. The number of ketones is 1. The standard InChI is InChI=1S/C10H14O/c1-7-3-5-10(2)6-4-8(11)9(7)10/h3,9H,4-6H2,1-2H3/t9-,10+/m1/s1. The van der Waals surface area contributed by atoms with Crippen LogP contribution in [-0.4, -0.2) is 5.78 Å². The van der Waals surface area contributed by atoms with Crippen molar-refractivity contribution in [3.63, 3.8) is 0 Å². The van der Waals surface area contributed by atoms with Crippen molar-refractivity contribution in [2.45, 2.75) is 33.1 Å². The highest BCUT2D eigenvalue weighted by molar-refractivity contribution is 5.87. The third-order valence-electron chi connectivity index (χ3n) is 3.31. The fraction of sp³-hybridized carbons (Fsp3) is 0.700. The summed E-state index contributed by atoms with van der Waals surface area (Å²) in [4.78, 5) is 11.4. The second kappa shape index (κ2) is 1.96. The van der Waals surface area contributed by atoms with Gasteiger partial charge in [-0.25, -0.2) is 0 Å². The van der Waals surface area contributed by atoms with Crippen molar-refractivity contribution in [3.8, 4) is 0 Å². The van der Waals surface area contributed by atoms with Gasteiger partial charge in [0.25, 0.3) is 0 Å². The third kappa shape index (κ3) is 0.800. The largest absolute Gasteiger partial charge is 0.299 e. The molecule has 0 N–H and O–H groups in total. The van der Waals surface area contributed by atoms with E-state index in [0.717, 1.165) is 19.3 Å². The van der Waals surface area contributed by atoms with E-state index < -0.39 is 0 Å². The van der Waals surface area contributed by atoms with E-state index in [9.17, 15) is 4.79 Å². The van der Waals surface area contributed by atoms with Crippen LogP contribution >= 0.6 is 0 Å². The summed E-state index contributed by atoms with van der Waals surface area (Å²) in [5, 5.41) is 0. The Balaban J connectivity index is 2.37. The topological polar surface area (TPSA) is 17.1 Å². The van der Waals surface area contributed by atoms with Gasteiger partial charge >= 0.3 is 0 Å². The van der Waals surface area contributed by atoms with Crippen LogP contribution in [0.25, 0.3) is 0 Å². The van der Waals surface area contributed by atoms with Crippen molar-refractivity contribution in [2.24, 2.45) is 11.3 Å². The highest BCUT2D eigenvalue weighted by Gasteiger charge is 2.47. The summed E-state index contributed by atoms with van der Waals surface area (Å²) in [6.45, 7) is 4.34. The molecule has 0 unspecified atom stereocenters. The van der Waals surface area contributed by atoms with Gasteiger partial charge in [0.15, 0.2) is 0 Å². The second-order valence-corrected chi connectivity index (χ2v) is 4.21. The van der Waals surface area contributed by atoms with Gasteiger partial charge in [-0.05, 0) is 25.2 Å². The molecule has 1 heteroatoms. The Bertz CT molecular complexity index is 239. The monoisotopic (exact) mass is 150 g/mol. The number of hydrogen-bond donors (Lipinski definition) is 0. The molecule has 0 bridgehead atoms. The highest BCUT2D eigenvalue weighted by atomic mass is 16.1. The predicted molar refractivity (Wildman–Crippen MR) is 44.2 cm³/mol. The van der Waals surface area contributed by atoms with E-state index in [1.54, 1.807) is 0 Å². The fourth-order valence-electron chi connectivity index (χ4n) is 2.62. The molecule has 1 saturated carbocycles. The Hall–Kier alpha value is -0.590. The molecule has 0 aromatic heterocycles. The molecule has 2 atom stereocenters. The Morgan fingerprint density at radius 3 is 3.00 bits per heavy atom. The van der Waals surface area contributed by atoms with Crippen LogP contribution in [0.3, 0.4) is 0 Å². The zero-order valence-electron chi connectivity index (χ0n) is 7.18. The molecule has 0 saturated heterocycles. The van der Waals surface area contributed by atoms with Gasteiger partial charge in [0, 0.05) is 12.3 Å². The van der Waals surface area contributed by atoms with E-state index in [2.05, 4.69) is 19.9 Å². The lowest BCUT2D eigenvalue weighted by Gasteiger charge is -2.23. The van der Waals surface area contributed by atoms with Crippen LogP contribution < -0.4 is 0 Å². The van der Waals surface area contributed by atoms with Crippen LogP contribution in [0.1, 0.15) is 33.1 Å². The highest BCUT2D eigenvalue weighted by Crippen LogP contribution is 2.51. The number of fused-ring (bicyclic) bond motifs is 1. The lowest BCUT2D eigenvalue weighted by atomic mass is 9.80. The fourth-order valence-corrected chi connectivity index (χ4v) is 2.62. The summed E-state index contributed by atoms with van der Waals surface area (Å²) in [6, 6.07) is 0. The Kier molecular flexibility index (Phi) is 1.26. The maximum atomic E-state index is 11.4. The van der Waals surface area contributed by atoms with Gasteiger partial charge in [0.1, 0.15) is 5.78 Å². The van der Waals surface area contributed by atoms with Crippen LogP contribution in [0, 0.1) is 11.3 Å². The average molecular weight is 150 g/mol. The van der Waals surface area contributed by atoms with E-state index in [1.165, 1.54) is 5.57 Å². The first kappa shape index (κ1) is 7.08. The number of Topliss-reactive ketones (excluding diaryl/α,β-unsaturated/α-hetero) is 1. The minimum absolute atomic E-state index is 0.280. The van der Waals surface area contributed by atoms with Crippen LogP contribution in [0.15, 0.2) is 11.6 Å². The van der Waals surface area contributed by atoms with Gasteiger partial charge in [0.2, 0.25) is 0 Å². The third-order valence-corrected chi connectivity index (χ3v) is 3.31. The zero-order valence-corrected chi connectivity index (χ0v) is 7.18. The summed E-state index contributed by atoms with van der Waals surface area (Å²) in [5.74, 6) is 0.751. The van der Waals surface area contributed by atoms with Gasteiger partial charge in [-0.2, -0.15) is 0 Å². The first-order valence-corrected chi connectivity index (χ1v) is 4.33. The Labute approximate surface area is 67.5 Å². The van der Waals surface area contributed by atoms with Crippen molar-refractivity contribution in [2.75, 3.05) is 0 Å². The molecule has 2 rings (SSSR count). The summed E-state index contributed by atoms with van der Waals surface area (Å²) in [6.07, 6.45) is 5.27. The van der Waals surface area contributed by atoms with E-state index >= 15 is 0 Å². The number of carbonyl (C=O) groups excluding carboxylic acids is 1. The molecule has 0 heterocycles. The van der Waals surface area contributed by atoms with E-state index in [1.807, 2.05) is 0 Å². The summed E-state index contributed by atoms with van der Waals surface area (Å²) < 4.78 is 0. The van der Waals surface area contributed by atoms with Crippen molar-refractivity contribution in [3.05, 3.63) is 11.6 Å². The van der Waals surface area contributed by atoms with E-state index in [-0.39, 0.29) is 5.92 Å². The molecule has 1 fully saturated rings. The van der Waals surface area contributed by atoms with Crippen molar-refractivity contribution in [1.29, 1.82) is 0 Å². The van der Waals surface area contributed by atoms with Crippen molar-refractivity contribution in [1.82, 2.24) is 0 Å². The zero-order chi connectivity index (χ0) is 8.06. The van der Waals surface area contributed by atoms with E-state index in [4.69, 9.17) is 0 Å². The molecule has 0 aromatic rings. The molecule has 2 aliphatic rings. The molecule has 2 aliphatic carbocycles. The number of carbonyl (C=O) groups is 1. The quantitative estimate of drug-likeness (QED) is 0.484. The first-order valence-electron chi connectivity index (χ1n) is 4.33. The lowest BCUT2D eigenvalue weighted by Crippen LogP contribution is -2.20. The van der Waals surface area contributed by atoms with Gasteiger partial charge in [0.05, 0.1) is 0 Å². The molecule has 0 aromatic carbocycles. The first-order chi connectivity index (χ1) is 5.13. The van der Waals surface area contributed by atoms with Crippen molar-refractivity contribution >= 4 is 5.78 Å². The molecule has 0 aliphatic heterocycles. The van der Waals surface area contributed by atoms with Gasteiger partial charge < -0.3 is 0 Å². The second-order valence-electron chi connectivity index (χ2n) is 4.21. The average Bonchev–Trinajstić information content (AvgIpc) is 2.38. The molecule has 0 spiro atoms. The molecule has 0 radical (unpaired) electrons. The Morgan fingerprint density at radius 2 is 2.36 bits per heavy atom. The smallest absolute Gasteiger partial charge is 0.140 e. The summed E-state index contributed by atoms with van der Waals surface area (Å²) in [5.41, 5.74) is 1.62. The molecule has 1 nitrogen and oxygen atoms in total. The van der Waals surface area contributed by atoms with Crippen LogP contribution in [0.2, 0.25) is 0 Å². The van der Waals surface area contributed by atoms with Crippen LogP contribution in [-0.2, 0) is 4.79 Å². The van der Waals surface area contributed by atoms with Crippen molar-refractivity contribution < 1.29 is 4.79 Å². The molecule has 0 amide bonds. The molecular weight excluding hydrogens is 136 g/mol. The summed E-state index contributed by atoms with van der Waals surface area (Å²) in [7, 11) is 0. The van der Waals surface area contributed by atoms with Gasteiger partial charge in [-0.15, -0.1) is 0 Å². The normalized spacial score (nSPS) is 42.5. The minimum Gasteiger partial charge on any atom is -0.299 e. The number of hydrogen-bond acceptors (Lipinski definition) is 1. The van der Waals surface area contributed by atoms with E-state index in [0.29, 0.717) is 11.2 Å². The molecule has 60 valence electrons. The number of allylic oxidation sites excluding steroid dienone is 2. The Morgan fingerprint density at radius 1 is 1.64 bits per heavy atom. The van der Waals surface area contributed by atoms with Gasteiger partial charge in [-0.3, -0.25) is 4.79 Å². The molecule has 11 heavy (non-hydrogen) atoms. The minimum atomic E-state index is 0.280. The number of rotatable bonds is 0. The SMILES string of the molecule is CC1=CC[C@@]2(C)CCC(=O)[C@@H]12. The predicted octanol–water partition coefficient (Wildman–Crippen LogP) is 2.32. The maximum absolute atomic E-state index is 11.4. The summed E-state index contributed by atoms with van der Waals surface area (Å²) >= 11 is 0.